The number of Topliss-reactive ketones (excluding diaryl/α,β-unsaturated/α-hetero) is 1. The van der Waals surface area contributed by atoms with Crippen LogP contribution in [0.1, 0.15) is 27.9 Å². The minimum Gasteiger partial charge on any atom is -0.364 e. The minimum atomic E-state index is 0.0837. The molecule has 0 unspecified atom stereocenters. The molecule has 0 atom stereocenters. The monoisotopic (exact) mass is 299 g/mol. The average Bonchev–Trinajstić information content (AvgIpc) is 2.50. The van der Waals surface area contributed by atoms with Gasteiger partial charge in [-0.15, -0.1) is 0 Å². The fraction of sp³-hybridized carbons (Fsp3) is 0.278. The summed E-state index contributed by atoms with van der Waals surface area (Å²) in [6, 6.07) is 13.9. The van der Waals surface area contributed by atoms with E-state index in [2.05, 4.69) is 23.1 Å². The predicted molar refractivity (Wildman–Crippen MR) is 87.5 cm³/mol. The molecule has 0 saturated heterocycles. The molecule has 0 spiro atoms. The topological polar surface area (TPSA) is 20.3 Å². The van der Waals surface area contributed by atoms with Crippen molar-refractivity contribution in [2.45, 2.75) is 19.8 Å². The highest BCUT2D eigenvalue weighted by atomic mass is 35.5. The number of carbonyl (C=O) groups excluding carboxylic acids is 1. The van der Waals surface area contributed by atoms with Crippen LogP contribution in [0.4, 0.5) is 5.69 Å². The molecule has 1 heterocycles. The van der Waals surface area contributed by atoms with Crippen molar-refractivity contribution in [2.75, 3.05) is 18.0 Å². The van der Waals surface area contributed by atoms with Gasteiger partial charge in [0, 0.05) is 17.8 Å². The van der Waals surface area contributed by atoms with E-state index < -0.39 is 0 Å². The molecule has 0 radical (unpaired) electrons. The first-order valence-corrected chi connectivity index (χ1v) is 7.65. The van der Waals surface area contributed by atoms with Crippen molar-refractivity contribution >= 4 is 23.1 Å². The lowest BCUT2D eigenvalue weighted by atomic mass is 10.0. The van der Waals surface area contributed by atoms with Crippen LogP contribution >= 0.6 is 11.6 Å². The van der Waals surface area contributed by atoms with Gasteiger partial charge in [0.2, 0.25) is 0 Å². The highest BCUT2D eigenvalue weighted by Crippen LogP contribution is 2.27. The van der Waals surface area contributed by atoms with E-state index >= 15 is 0 Å². The van der Waals surface area contributed by atoms with E-state index in [1.807, 2.05) is 25.1 Å². The number of fused-ring (bicyclic) bond motifs is 1. The van der Waals surface area contributed by atoms with E-state index in [4.69, 9.17) is 11.6 Å². The van der Waals surface area contributed by atoms with E-state index in [1.165, 1.54) is 11.3 Å². The normalized spacial score (nSPS) is 13.9. The summed E-state index contributed by atoms with van der Waals surface area (Å²) in [5.41, 5.74) is 4.19. The molecule has 21 heavy (non-hydrogen) atoms. The average molecular weight is 300 g/mol. The zero-order valence-electron chi connectivity index (χ0n) is 12.1. The zero-order valence-corrected chi connectivity index (χ0v) is 12.9. The summed E-state index contributed by atoms with van der Waals surface area (Å²) in [7, 11) is 0. The van der Waals surface area contributed by atoms with Crippen molar-refractivity contribution in [1.29, 1.82) is 0 Å². The molecular formula is C18H18ClNO. The van der Waals surface area contributed by atoms with E-state index in [9.17, 15) is 4.79 Å². The first kappa shape index (κ1) is 14.2. The van der Waals surface area contributed by atoms with E-state index in [1.54, 1.807) is 6.07 Å². The number of aryl methyl sites for hydroxylation is 2. The van der Waals surface area contributed by atoms with Crippen molar-refractivity contribution in [1.82, 2.24) is 0 Å². The molecule has 2 aromatic carbocycles. The van der Waals surface area contributed by atoms with Crippen molar-refractivity contribution in [3.63, 3.8) is 0 Å². The Hall–Kier alpha value is -1.80. The highest BCUT2D eigenvalue weighted by molar-refractivity contribution is 6.34. The molecule has 0 bridgehead atoms. The lowest BCUT2D eigenvalue weighted by molar-refractivity contribution is 0.0998. The molecule has 0 N–H and O–H groups in total. The van der Waals surface area contributed by atoms with Gasteiger partial charge in [-0.05, 0) is 43.5 Å². The minimum absolute atomic E-state index is 0.0837. The highest BCUT2D eigenvalue weighted by Gasteiger charge is 2.20. The van der Waals surface area contributed by atoms with Crippen LogP contribution < -0.4 is 4.90 Å². The summed E-state index contributed by atoms with van der Waals surface area (Å²) in [6.45, 7) is 3.29. The Bertz CT molecular complexity index is 681. The van der Waals surface area contributed by atoms with Gasteiger partial charge in [-0.1, -0.05) is 41.4 Å². The Morgan fingerprint density at radius 3 is 2.90 bits per heavy atom. The molecule has 0 aliphatic carbocycles. The number of hydrogen-bond acceptors (Lipinski definition) is 2. The summed E-state index contributed by atoms with van der Waals surface area (Å²) >= 11 is 6.17. The van der Waals surface area contributed by atoms with Gasteiger partial charge in [0.15, 0.2) is 5.78 Å². The van der Waals surface area contributed by atoms with Crippen LogP contribution in [0.25, 0.3) is 0 Å². The van der Waals surface area contributed by atoms with Crippen molar-refractivity contribution in [3.05, 3.63) is 64.2 Å². The molecule has 0 amide bonds. The van der Waals surface area contributed by atoms with Gasteiger partial charge in [-0.2, -0.15) is 0 Å². The first-order valence-electron chi connectivity index (χ1n) is 7.27. The van der Waals surface area contributed by atoms with Gasteiger partial charge >= 0.3 is 0 Å². The van der Waals surface area contributed by atoms with Crippen LogP contribution in [0, 0.1) is 6.92 Å². The van der Waals surface area contributed by atoms with E-state index in [-0.39, 0.29) is 5.78 Å². The maximum Gasteiger partial charge on any atom is 0.183 e. The van der Waals surface area contributed by atoms with Gasteiger partial charge in [-0.3, -0.25) is 4.79 Å². The fourth-order valence-electron chi connectivity index (χ4n) is 2.89. The van der Waals surface area contributed by atoms with Crippen LogP contribution in [-0.2, 0) is 6.42 Å². The van der Waals surface area contributed by atoms with Crippen molar-refractivity contribution < 1.29 is 4.79 Å². The lowest BCUT2D eigenvalue weighted by Crippen LogP contribution is -2.34. The Morgan fingerprint density at radius 2 is 2.05 bits per heavy atom. The molecule has 108 valence electrons. The molecule has 0 saturated carbocycles. The smallest absolute Gasteiger partial charge is 0.183 e. The maximum absolute atomic E-state index is 12.6. The summed E-state index contributed by atoms with van der Waals surface area (Å²) in [5.74, 6) is 0.0837. The largest absolute Gasteiger partial charge is 0.364 e. The summed E-state index contributed by atoms with van der Waals surface area (Å²) < 4.78 is 0. The number of anilines is 1. The third-order valence-corrected chi connectivity index (χ3v) is 4.29. The molecule has 3 rings (SSSR count). The van der Waals surface area contributed by atoms with E-state index in [0.29, 0.717) is 17.1 Å². The SMILES string of the molecule is Cc1ccc(Cl)c(C(=O)CN2CCCc3ccccc32)c1. The zero-order chi connectivity index (χ0) is 14.8. The number of carbonyl (C=O) groups is 1. The van der Waals surface area contributed by atoms with Crippen LogP contribution in [0.2, 0.25) is 5.02 Å². The van der Waals surface area contributed by atoms with Gasteiger partial charge in [0.1, 0.15) is 0 Å². The van der Waals surface area contributed by atoms with Gasteiger partial charge in [-0.25, -0.2) is 0 Å². The number of nitrogens with zero attached hydrogens (tertiary/aromatic N) is 1. The molecule has 2 aromatic rings. The van der Waals surface area contributed by atoms with Crippen LogP contribution in [0.3, 0.4) is 0 Å². The second-order valence-corrected chi connectivity index (χ2v) is 5.97. The predicted octanol–water partition coefficient (Wildman–Crippen LogP) is 4.28. The number of hydrogen-bond donors (Lipinski definition) is 0. The number of benzene rings is 2. The summed E-state index contributed by atoms with van der Waals surface area (Å²) in [6.07, 6.45) is 2.18. The van der Waals surface area contributed by atoms with Crippen molar-refractivity contribution in [2.24, 2.45) is 0 Å². The molecule has 1 aliphatic rings. The molecule has 2 nitrogen and oxygen atoms in total. The maximum atomic E-state index is 12.6. The Kier molecular flexibility index (Phi) is 3.98. The third kappa shape index (κ3) is 2.96. The van der Waals surface area contributed by atoms with Crippen molar-refractivity contribution in [3.8, 4) is 0 Å². The van der Waals surface area contributed by atoms with Crippen LogP contribution in [0.15, 0.2) is 42.5 Å². The number of ketones is 1. The first-order chi connectivity index (χ1) is 10.1. The molecule has 0 fully saturated rings. The Morgan fingerprint density at radius 1 is 1.24 bits per heavy atom. The Balaban J connectivity index is 1.84. The van der Waals surface area contributed by atoms with Gasteiger partial charge in [0.05, 0.1) is 11.6 Å². The molecule has 3 heteroatoms. The molecule has 1 aliphatic heterocycles. The molecule has 0 aromatic heterocycles. The second-order valence-electron chi connectivity index (χ2n) is 5.56. The number of halogens is 1. The quantitative estimate of drug-likeness (QED) is 0.788. The number of para-hydroxylation sites is 1. The molecular weight excluding hydrogens is 282 g/mol. The fourth-order valence-corrected chi connectivity index (χ4v) is 3.11. The van der Waals surface area contributed by atoms with Crippen LogP contribution in [0.5, 0.6) is 0 Å². The van der Waals surface area contributed by atoms with E-state index in [0.717, 1.165) is 24.9 Å². The van der Waals surface area contributed by atoms with Gasteiger partial charge < -0.3 is 4.90 Å². The second kappa shape index (κ2) is 5.90. The standard InChI is InChI=1S/C18H18ClNO/c1-13-8-9-16(19)15(11-13)18(21)12-20-10-4-6-14-5-2-3-7-17(14)20/h2-3,5,7-9,11H,4,6,10,12H2,1H3. The number of rotatable bonds is 3. The van der Waals surface area contributed by atoms with Crippen LogP contribution in [-0.4, -0.2) is 18.9 Å². The third-order valence-electron chi connectivity index (χ3n) is 3.96. The summed E-state index contributed by atoms with van der Waals surface area (Å²) in [4.78, 5) is 14.7. The lowest BCUT2D eigenvalue weighted by Gasteiger charge is -2.30. The summed E-state index contributed by atoms with van der Waals surface area (Å²) in [5, 5.41) is 0.538. The Labute approximate surface area is 130 Å². The van der Waals surface area contributed by atoms with Gasteiger partial charge in [0.25, 0.3) is 0 Å².